The van der Waals surface area contributed by atoms with Crippen LogP contribution in [0.2, 0.25) is 0 Å². The average Bonchev–Trinajstić information content (AvgIpc) is 3.16. The van der Waals surface area contributed by atoms with Gasteiger partial charge in [-0.1, -0.05) is 0 Å². The summed E-state index contributed by atoms with van der Waals surface area (Å²) in [4.78, 5) is 30.0. The number of likely N-dealkylation sites (tertiary alicyclic amines) is 1. The number of halogens is 2. The van der Waals surface area contributed by atoms with Gasteiger partial charge in [-0.25, -0.2) is 8.78 Å². The number of carbonyl (C=O) groups is 2. The fraction of sp³-hybridized carbons (Fsp3) is 0.867. The molecular weight excluding hydrogens is 306 g/mol. The van der Waals surface area contributed by atoms with E-state index in [0.29, 0.717) is 32.7 Å². The maximum absolute atomic E-state index is 13.2. The molecule has 0 aromatic heterocycles. The Hall–Kier alpha value is -1.28. The third kappa shape index (κ3) is 3.98. The molecule has 3 fully saturated rings. The van der Waals surface area contributed by atoms with Gasteiger partial charge in [-0.15, -0.1) is 0 Å². The molecule has 1 N–H and O–H groups in total. The lowest BCUT2D eigenvalue weighted by Gasteiger charge is -2.36. The third-order valence-corrected chi connectivity index (χ3v) is 4.91. The Labute approximate surface area is 134 Å². The second kappa shape index (κ2) is 6.68. The van der Waals surface area contributed by atoms with Crippen LogP contribution in [0.15, 0.2) is 0 Å². The van der Waals surface area contributed by atoms with Crippen LogP contribution in [0, 0.1) is 0 Å². The molecule has 0 bridgehead atoms. The van der Waals surface area contributed by atoms with Crippen LogP contribution < -0.4 is 5.32 Å². The Morgan fingerprint density at radius 1 is 1.00 bits per heavy atom. The zero-order valence-electron chi connectivity index (χ0n) is 13.3. The molecule has 23 heavy (non-hydrogen) atoms. The number of piperazine rings is 1. The van der Waals surface area contributed by atoms with E-state index in [4.69, 9.17) is 0 Å². The molecule has 0 aliphatic carbocycles. The van der Waals surface area contributed by atoms with E-state index in [-0.39, 0.29) is 11.8 Å². The highest BCUT2D eigenvalue weighted by Crippen LogP contribution is 2.26. The van der Waals surface area contributed by atoms with Crippen molar-refractivity contribution in [2.24, 2.45) is 0 Å². The Bertz CT molecular complexity index is 460. The summed E-state index contributed by atoms with van der Waals surface area (Å²) in [6, 6.07) is -0.795. The highest BCUT2D eigenvalue weighted by Gasteiger charge is 2.43. The second-order valence-electron chi connectivity index (χ2n) is 6.68. The van der Waals surface area contributed by atoms with Gasteiger partial charge in [0.2, 0.25) is 11.8 Å². The van der Waals surface area contributed by atoms with Crippen LogP contribution in [-0.2, 0) is 9.59 Å². The van der Waals surface area contributed by atoms with Gasteiger partial charge in [0.15, 0.2) is 0 Å². The molecule has 3 aliphatic heterocycles. The molecule has 0 radical (unpaired) electrons. The molecule has 3 aliphatic rings. The maximum Gasteiger partial charge on any atom is 0.262 e. The van der Waals surface area contributed by atoms with E-state index in [2.05, 4.69) is 10.2 Å². The summed E-state index contributed by atoms with van der Waals surface area (Å²) < 4.78 is 26.4. The molecule has 3 saturated heterocycles. The number of hydrogen-bond donors (Lipinski definition) is 1. The largest absolute Gasteiger partial charge is 0.338 e. The first-order valence-electron chi connectivity index (χ1n) is 8.35. The zero-order chi connectivity index (χ0) is 16.4. The number of carbonyl (C=O) groups excluding carboxylic acids is 2. The van der Waals surface area contributed by atoms with Gasteiger partial charge in [-0.2, -0.15) is 0 Å². The molecule has 0 aromatic rings. The zero-order valence-corrected chi connectivity index (χ0v) is 13.3. The van der Waals surface area contributed by atoms with E-state index in [1.165, 1.54) is 0 Å². The molecule has 130 valence electrons. The van der Waals surface area contributed by atoms with Gasteiger partial charge in [0.25, 0.3) is 5.92 Å². The van der Waals surface area contributed by atoms with E-state index in [1.807, 2.05) is 0 Å². The van der Waals surface area contributed by atoms with Crippen LogP contribution in [0.1, 0.15) is 19.3 Å². The Morgan fingerprint density at radius 2 is 1.61 bits per heavy atom. The van der Waals surface area contributed by atoms with Crippen molar-refractivity contribution in [3.05, 3.63) is 0 Å². The number of amides is 2. The first-order valence-corrected chi connectivity index (χ1v) is 8.35. The highest BCUT2D eigenvalue weighted by molar-refractivity contribution is 5.83. The molecular formula is C15H24F2N4O2. The van der Waals surface area contributed by atoms with Gasteiger partial charge in [-0.05, 0) is 25.9 Å². The number of nitrogens with zero attached hydrogens (tertiary/aromatic N) is 3. The van der Waals surface area contributed by atoms with Gasteiger partial charge < -0.3 is 9.80 Å². The fourth-order valence-electron chi connectivity index (χ4n) is 3.52. The lowest BCUT2D eigenvalue weighted by atomic mass is 10.1. The van der Waals surface area contributed by atoms with Crippen molar-refractivity contribution in [1.82, 2.24) is 20.0 Å². The molecule has 0 spiro atoms. The molecule has 0 saturated carbocycles. The molecule has 8 heteroatoms. The first-order chi connectivity index (χ1) is 10.9. The Balaban J connectivity index is 1.44. The van der Waals surface area contributed by atoms with Crippen LogP contribution in [0.5, 0.6) is 0 Å². The van der Waals surface area contributed by atoms with Crippen molar-refractivity contribution < 1.29 is 18.4 Å². The van der Waals surface area contributed by atoms with E-state index in [1.54, 1.807) is 9.80 Å². The second-order valence-corrected chi connectivity index (χ2v) is 6.68. The summed E-state index contributed by atoms with van der Waals surface area (Å²) in [5.41, 5.74) is 0. The molecule has 3 heterocycles. The summed E-state index contributed by atoms with van der Waals surface area (Å²) in [6.45, 7) is 3.80. The Morgan fingerprint density at radius 3 is 2.17 bits per heavy atom. The van der Waals surface area contributed by atoms with Crippen molar-refractivity contribution >= 4 is 11.8 Å². The average molecular weight is 330 g/mol. The van der Waals surface area contributed by atoms with Crippen molar-refractivity contribution in [3.8, 4) is 0 Å². The molecule has 3 rings (SSSR count). The summed E-state index contributed by atoms with van der Waals surface area (Å²) in [7, 11) is 0. The van der Waals surface area contributed by atoms with E-state index >= 15 is 0 Å². The van der Waals surface area contributed by atoms with Crippen LogP contribution in [-0.4, -0.2) is 90.8 Å². The van der Waals surface area contributed by atoms with Crippen LogP contribution in [0.25, 0.3) is 0 Å². The number of nitrogens with one attached hydrogen (secondary N) is 1. The van der Waals surface area contributed by atoms with Crippen LogP contribution >= 0.6 is 0 Å². The molecule has 1 atom stereocenters. The maximum atomic E-state index is 13.2. The van der Waals surface area contributed by atoms with Gasteiger partial charge in [0.05, 0.1) is 19.1 Å². The first kappa shape index (κ1) is 16.6. The fourth-order valence-corrected chi connectivity index (χ4v) is 3.52. The van der Waals surface area contributed by atoms with E-state index < -0.39 is 24.9 Å². The summed E-state index contributed by atoms with van der Waals surface area (Å²) >= 11 is 0. The van der Waals surface area contributed by atoms with Gasteiger partial charge >= 0.3 is 0 Å². The topological polar surface area (TPSA) is 55.9 Å². The van der Waals surface area contributed by atoms with Gasteiger partial charge in [0, 0.05) is 32.6 Å². The highest BCUT2D eigenvalue weighted by atomic mass is 19.3. The monoisotopic (exact) mass is 330 g/mol. The van der Waals surface area contributed by atoms with Crippen molar-refractivity contribution in [2.45, 2.75) is 31.2 Å². The third-order valence-electron chi connectivity index (χ3n) is 4.91. The standard InChI is InChI=1S/C15H24F2N4O2/c16-15(17)9-12(18-11-15)14(23)21-7-5-20(6-8-21)13(22)10-19-3-1-2-4-19/h12,18H,1-11H2. The van der Waals surface area contributed by atoms with Crippen molar-refractivity contribution in [2.75, 3.05) is 52.4 Å². The quantitative estimate of drug-likeness (QED) is 0.775. The normalized spacial score (nSPS) is 28.3. The number of hydrogen-bond acceptors (Lipinski definition) is 4. The van der Waals surface area contributed by atoms with Crippen LogP contribution in [0.3, 0.4) is 0 Å². The summed E-state index contributed by atoms with van der Waals surface area (Å²) in [6.07, 6.45) is 1.86. The van der Waals surface area contributed by atoms with E-state index in [9.17, 15) is 18.4 Å². The van der Waals surface area contributed by atoms with Gasteiger partial charge in [-0.3, -0.25) is 19.8 Å². The molecule has 0 aromatic carbocycles. The van der Waals surface area contributed by atoms with E-state index in [0.717, 1.165) is 25.9 Å². The van der Waals surface area contributed by atoms with Crippen LogP contribution in [0.4, 0.5) is 8.78 Å². The Kier molecular flexibility index (Phi) is 4.82. The molecule has 2 amide bonds. The van der Waals surface area contributed by atoms with Crippen molar-refractivity contribution in [3.63, 3.8) is 0 Å². The minimum atomic E-state index is -2.80. The lowest BCUT2D eigenvalue weighted by Crippen LogP contribution is -2.55. The SMILES string of the molecule is O=C(CN1CCCC1)N1CCN(C(=O)C2CC(F)(F)CN2)CC1. The smallest absolute Gasteiger partial charge is 0.262 e. The van der Waals surface area contributed by atoms with Crippen molar-refractivity contribution in [1.29, 1.82) is 0 Å². The molecule has 1 unspecified atom stereocenters. The van der Waals surface area contributed by atoms with Gasteiger partial charge in [0.1, 0.15) is 0 Å². The predicted molar refractivity (Wildman–Crippen MR) is 80.2 cm³/mol. The predicted octanol–water partition coefficient (Wildman–Crippen LogP) is -0.250. The summed E-state index contributed by atoms with van der Waals surface area (Å²) in [5.74, 6) is -2.97. The minimum absolute atomic E-state index is 0.101. The number of rotatable bonds is 3. The summed E-state index contributed by atoms with van der Waals surface area (Å²) in [5, 5.41) is 2.60. The number of alkyl halides is 2. The minimum Gasteiger partial charge on any atom is -0.338 e. The lowest BCUT2D eigenvalue weighted by molar-refractivity contribution is -0.141. The molecule has 6 nitrogen and oxygen atoms in total.